The van der Waals surface area contributed by atoms with Gasteiger partial charge in [-0.15, -0.1) is 11.3 Å². The number of rotatable bonds is 6. The second-order valence-electron chi connectivity index (χ2n) is 6.72. The van der Waals surface area contributed by atoms with E-state index in [0.29, 0.717) is 28.7 Å². The smallest absolute Gasteiger partial charge is 0.260 e. The molecule has 0 atom stereocenters. The fourth-order valence-electron chi connectivity index (χ4n) is 3.09. The predicted octanol–water partition coefficient (Wildman–Crippen LogP) is 6.49. The third-order valence-corrected chi connectivity index (χ3v) is 5.76. The molecular weight excluding hydrogens is 419 g/mol. The summed E-state index contributed by atoms with van der Waals surface area (Å²) in [7, 11) is 0. The van der Waals surface area contributed by atoms with Crippen molar-refractivity contribution in [2.45, 2.75) is 6.42 Å². The quantitative estimate of drug-likeness (QED) is 0.346. The summed E-state index contributed by atoms with van der Waals surface area (Å²) in [6, 6.07) is 23.1. The van der Waals surface area contributed by atoms with Gasteiger partial charge in [-0.25, -0.2) is 9.37 Å². The highest BCUT2D eigenvalue weighted by molar-refractivity contribution is 7.14. The molecule has 1 heterocycles. The van der Waals surface area contributed by atoms with Gasteiger partial charge in [-0.3, -0.25) is 9.69 Å². The van der Waals surface area contributed by atoms with Crippen LogP contribution >= 0.6 is 22.9 Å². The predicted molar refractivity (Wildman–Crippen MR) is 121 cm³/mol. The summed E-state index contributed by atoms with van der Waals surface area (Å²) in [5.74, 6) is -0.715. The molecule has 4 aromatic rings. The molecular formula is C24H18ClFN2OS. The van der Waals surface area contributed by atoms with Crippen molar-refractivity contribution in [2.24, 2.45) is 0 Å². The summed E-state index contributed by atoms with van der Waals surface area (Å²) < 4.78 is 13.7. The lowest BCUT2D eigenvalue weighted by atomic mass is 10.1. The second-order valence-corrected chi connectivity index (χ2v) is 8.00. The molecule has 0 fully saturated rings. The maximum atomic E-state index is 13.7. The first-order valence-corrected chi connectivity index (χ1v) is 10.7. The van der Waals surface area contributed by atoms with Crippen LogP contribution in [-0.2, 0) is 6.42 Å². The Kier molecular flexibility index (Phi) is 6.21. The number of nitrogens with zero attached hydrogens (tertiary/aromatic N) is 2. The molecule has 3 aromatic carbocycles. The van der Waals surface area contributed by atoms with E-state index in [2.05, 4.69) is 4.98 Å². The van der Waals surface area contributed by atoms with E-state index in [0.717, 1.165) is 16.8 Å². The minimum absolute atomic E-state index is 0.276. The minimum Gasteiger partial charge on any atom is -0.284 e. The number of hydrogen-bond acceptors (Lipinski definition) is 3. The molecule has 0 aliphatic heterocycles. The molecule has 150 valence electrons. The van der Waals surface area contributed by atoms with Crippen molar-refractivity contribution in [3.8, 4) is 11.3 Å². The zero-order valence-corrected chi connectivity index (χ0v) is 17.5. The van der Waals surface area contributed by atoms with Crippen molar-refractivity contribution in [1.29, 1.82) is 0 Å². The van der Waals surface area contributed by atoms with Gasteiger partial charge >= 0.3 is 0 Å². The van der Waals surface area contributed by atoms with Crippen LogP contribution in [0.5, 0.6) is 0 Å². The Hall–Kier alpha value is -3.02. The van der Waals surface area contributed by atoms with Crippen molar-refractivity contribution in [3.05, 3.63) is 106 Å². The van der Waals surface area contributed by atoms with E-state index >= 15 is 0 Å². The molecule has 6 heteroatoms. The molecule has 0 N–H and O–H groups in total. The standard InChI is InChI=1S/C24H18ClFN2OS/c25-20-11-9-18(10-12-20)22-16-30-24(27-22)28(14-13-17-5-2-1-3-6-17)23(29)19-7-4-8-21(26)15-19/h1-12,15-16H,13-14H2. The van der Waals surface area contributed by atoms with E-state index in [4.69, 9.17) is 11.6 Å². The van der Waals surface area contributed by atoms with E-state index < -0.39 is 5.82 Å². The number of amides is 1. The van der Waals surface area contributed by atoms with E-state index in [1.165, 1.54) is 23.5 Å². The molecule has 0 saturated heterocycles. The molecule has 3 nitrogen and oxygen atoms in total. The molecule has 1 aromatic heterocycles. The lowest BCUT2D eigenvalue weighted by Gasteiger charge is -2.20. The van der Waals surface area contributed by atoms with Gasteiger partial charge in [0.2, 0.25) is 0 Å². The highest BCUT2D eigenvalue weighted by atomic mass is 35.5. The van der Waals surface area contributed by atoms with Crippen LogP contribution < -0.4 is 4.90 Å². The second kappa shape index (κ2) is 9.20. The van der Waals surface area contributed by atoms with E-state index in [9.17, 15) is 9.18 Å². The first-order valence-electron chi connectivity index (χ1n) is 9.43. The summed E-state index contributed by atoms with van der Waals surface area (Å²) in [5, 5.41) is 3.14. The number of aromatic nitrogens is 1. The minimum atomic E-state index is -0.440. The van der Waals surface area contributed by atoms with E-state index in [-0.39, 0.29) is 5.91 Å². The van der Waals surface area contributed by atoms with Crippen LogP contribution in [0.25, 0.3) is 11.3 Å². The van der Waals surface area contributed by atoms with Gasteiger partial charge in [0.1, 0.15) is 5.82 Å². The highest BCUT2D eigenvalue weighted by Gasteiger charge is 2.21. The van der Waals surface area contributed by atoms with Crippen LogP contribution in [-0.4, -0.2) is 17.4 Å². The Bertz CT molecular complexity index is 1150. The van der Waals surface area contributed by atoms with Crippen molar-refractivity contribution in [1.82, 2.24) is 4.98 Å². The van der Waals surface area contributed by atoms with Crippen LogP contribution in [0.2, 0.25) is 5.02 Å². The zero-order chi connectivity index (χ0) is 20.9. The van der Waals surface area contributed by atoms with E-state index in [1.807, 2.05) is 47.8 Å². The normalized spacial score (nSPS) is 10.7. The summed E-state index contributed by atoms with van der Waals surface area (Å²) in [6.45, 7) is 0.437. The van der Waals surface area contributed by atoms with Gasteiger partial charge in [0.25, 0.3) is 5.91 Å². The zero-order valence-electron chi connectivity index (χ0n) is 16.0. The lowest BCUT2D eigenvalue weighted by Crippen LogP contribution is -2.33. The number of halogens is 2. The molecule has 0 spiro atoms. The summed E-state index contributed by atoms with van der Waals surface area (Å²) in [4.78, 5) is 19.5. The molecule has 0 aliphatic rings. The Morgan fingerprint density at radius 2 is 1.77 bits per heavy atom. The molecule has 0 bridgehead atoms. The molecule has 1 amide bonds. The Balaban J connectivity index is 1.64. The third-order valence-electron chi connectivity index (χ3n) is 4.65. The first-order chi connectivity index (χ1) is 14.6. The molecule has 4 rings (SSSR count). The number of anilines is 1. The van der Waals surface area contributed by atoms with Gasteiger partial charge in [-0.1, -0.05) is 60.1 Å². The number of carbonyl (C=O) groups excluding carboxylic acids is 1. The summed E-state index contributed by atoms with van der Waals surface area (Å²) in [6.07, 6.45) is 0.664. The third kappa shape index (κ3) is 4.75. The number of carbonyl (C=O) groups is 1. The maximum absolute atomic E-state index is 13.7. The highest BCUT2D eigenvalue weighted by Crippen LogP contribution is 2.29. The molecule has 30 heavy (non-hydrogen) atoms. The Labute approximate surface area is 183 Å². The topological polar surface area (TPSA) is 33.2 Å². The first kappa shape index (κ1) is 20.3. The van der Waals surface area contributed by atoms with Crippen LogP contribution in [0.3, 0.4) is 0 Å². The van der Waals surface area contributed by atoms with Crippen LogP contribution in [0.1, 0.15) is 15.9 Å². The van der Waals surface area contributed by atoms with Gasteiger partial charge in [0.15, 0.2) is 5.13 Å². The van der Waals surface area contributed by atoms with Gasteiger partial charge in [0, 0.05) is 28.1 Å². The van der Waals surface area contributed by atoms with Crippen LogP contribution in [0, 0.1) is 5.82 Å². The summed E-state index contributed by atoms with van der Waals surface area (Å²) in [5.41, 5.74) is 3.10. The average molecular weight is 437 g/mol. The molecule has 0 saturated carbocycles. The van der Waals surface area contributed by atoms with Gasteiger partial charge in [0.05, 0.1) is 5.69 Å². The largest absolute Gasteiger partial charge is 0.284 e. The number of benzene rings is 3. The number of thiazole rings is 1. The van der Waals surface area contributed by atoms with Crippen LogP contribution in [0.15, 0.2) is 84.2 Å². The SMILES string of the molecule is O=C(c1cccc(F)c1)N(CCc1ccccc1)c1nc(-c2ccc(Cl)cc2)cs1. The Morgan fingerprint density at radius 3 is 2.50 bits per heavy atom. The average Bonchev–Trinajstić information content (AvgIpc) is 3.25. The lowest BCUT2D eigenvalue weighted by molar-refractivity contribution is 0.0986. The Morgan fingerprint density at radius 1 is 1.00 bits per heavy atom. The van der Waals surface area contributed by atoms with Crippen molar-refractivity contribution in [2.75, 3.05) is 11.4 Å². The number of hydrogen-bond donors (Lipinski definition) is 0. The van der Waals surface area contributed by atoms with Crippen molar-refractivity contribution >= 4 is 34.0 Å². The fourth-order valence-corrected chi connectivity index (χ4v) is 4.07. The maximum Gasteiger partial charge on any atom is 0.260 e. The fraction of sp³-hybridized carbons (Fsp3) is 0.0833. The monoisotopic (exact) mass is 436 g/mol. The molecule has 0 aliphatic carbocycles. The van der Waals surface area contributed by atoms with Crippen LogP contribution in [0.4, 0.5) is 9.52 Å². The van der Waals surface area contributed by atoms with Gasteiger partial charge < -0.3 is 0 Å². The van der Waals surface area contributed by atoms with Gasteiger partial charge in [-0.05, 0) is 42.3 Å². The van der Waals surface area contributed by atoms with Gasteiger partial charge in [-0.2, -0.15) is 0 Å². The summed E-state index contributed by atoms with van der Waals surface area (Å²) >= 11 is 7.36. The molecule has 0 unspecified atom stereocenters. The van der Waals surface area contributed by atoms with E-state index in [1.54, 1.807) is 29.2 Å². The molecule has 0 radical (unpaired) electrons. The van der Waals surface area contributed by atoms with Crippen molar-refractivity contribution < 1.29 is 9.18 Å². The van der Waals surface area contributed by atoms with Crippen molar-refractivity contribution in [3.63, 3.8) is 0 Å².